The van der Waals surface area contributed by atoms with E-state index in [1.54, 1.807) is 0 Å². The van der Waals surface area contributed by atoms with Crippen LogP contribution in [-0.4, -0.2) is 41.2 Å². The summed E-state index contributed by atoms with van der Waals surface area (Å²) in [5.41, 5.74) is 0. The molecule has 0 unspecified atom stereocenters. The Kier molecular flexibility index (Phi) is 5.81. The fourth-order valence-electron chi connectivity index (χ4n) is 2.73. The van der Waals surface area contributed by atoms with Gasteiger partial charge in [0, 0.05) is 5.92 Å². The van der Waals surface area contributed by atoms with Gasteiger partial charge in [-0.3, -0.25) is 4.90 Å². The third kappa shape index (κ3) is 4.17. The lowest BCUT2D eigenvalue weighted by molar-refractivity contribution is 0.158. The van der Waals surface area contributed by atoms with Crippen LogP contribution >= 0.6 is 12.4 Å². The molecule has 20 heavy (non-hydrogen) atoms. The Morgan fingerprint density at radius 3 is 2.65 bits per heavy atom. The standard InChI is InChI=1S/C14H24N4O.ClH/c1-2-15-9-11-5-7-18(8-6-11)10-13-16-14(17-19-13)12-3-4-12;/h11-12,15H,2-10H2,1H3;1H. The summed E-state index contributed by atoms with van der Waals surface area (Å²) in [5.74, 6) is 3.15. The van der Waals surface area contributed by atoms with Crippen molar-refractivity contribution in [2.45, 2.75) is 45.1 Å². The first-order valence-electron chi connectivity index (χ1n) is 7.60. The van der Waals surface area contributed by atoms with Crippen molar-refractivity contribution in [3.05, 3.63) is 11.7 Å². The molecule has 1 aromatic rings. The van der Waals surface area contributed by atoms with Crippen LogP contribution in [0.2, 0.25) is 0 Å². The molecule has 114 valence electrons. The van der Waals surface area contributed by atoms with E-state index in [2.05, 4.69) is 27.3 Å². The van der Waals surface area contributed by atoms with Gasteiger partial charge in [-0.2, -0.15) is 4.98 Å². The highest BCUT2D eigenvalue weighted by Crippen LogP contribution is 2.38. The summed E-state index contributed by atoms with van der Waals surface area (Å²) < 4.78 is 5.35. The first-order valence-corrected chi connectivity index (χ1v) is 7.60. The fraction of sp³-hybridized carbons (Fsp3) is 0.857. The molecule has 6 heteroatoms. The van der Waals surface area contributed by atoms with Crippen molar-refractivity contribution in [3.8, 4) is 0 Å². The van der Waals surface area contributed by atoms with Gasteiger partial charge >= 0.3 is 0 Å². The second-order valence-corrected chi connectivity index (χ2v) is 5.85. The highest BCUT2D eigenvalue weighted by Gasteiger charge is 2.29. The van der Waals surface area contributed by atoms with Gasteiger partial charge in [-0.25, -0.2) is 0 Å². The zero-order valence-corrected chi connectivity index (χ0v) is 13.0. The Labute approximate surface area is 126 Å². The van der Waals surface area contributed by atoms with Crippen molar-refractivity contribution in [3.63, 3.8) is 0 Å². The lowest BCUT2D eigenvalue weighted by Crippen LogP contribution is -2.36. The molecule has 0 radical (unpaired) electrons. The monoisotopic (exact) mass is 300 g/mol. The Morgan fingerprint density at radius 1 is 1.25 bits per heavy atom. The molecule has 2 aliphatic rings. The van der Waals surface area contributed by atoms with Gasteiger partial charge in [0.15, 0.2) is 5.82 Å². The average molecular weight is 301 g/mol. The van der Waals surface area contributed by atoms with Gasteiger partial charge < -0.3 is 9.84 Å². The quantitative estimate of drug-likeness (QED) is 0.873. The second kappa shape index (κ2) is 7.38. The predicted molar refractivity (Wildman–Crippen MR) is 80.1 cm³/mol. The minimum absolute atomic E-state index is 0. The molecule has 5 nitrogen and oxygen atoms in total. The van der Waals surface area contributed by atoms with Gasteiger partial charge in [0.25, 0.3) is 0 Å². The van der Waals surface area contributed by atoms with Crippen molar-refractivity contribution in [1.29, 1.82) is 0 Å². The van der Waals surface area contributed by atoms with Crippen LogP contribution in [0.1, 0.15) is 50.2 Å². The summed E-state index contributed by atoms with van der Waals surface area (Å²) in [6.07, 6.45) is 5.01. The van der Waals surface area contributed by atoms with Crippen molar-refractivity contribution in [1.82, 2.24) is 20.4 Å². The second-order valence-electron chi connectivity index (χ2n) is 5.85. The molecule has 0 bridgehead atoms. The van der Waals surface area contributed by atoms with Crippen LogP contribution < -0.4 is 5.32 Å². The van der Waals surface area contributed by atoms with E-state index in [0.29, 0.717) is 5.92 Å². The lowest BCUT2D eigenvalue weighted by Gasteiger charge is -2.30. The van der Waals surface area contributed by atoms with Crippen LogP contribution in [0, 0.1) is 5.92 Å². The van der Waals surface area contributed by atoms with Gasteiger partial charge in [0.05, 0.1) is 6.54 Å². The number of piperidine rings is 1. The molecule has 0 atom stereocenters. The largest absolute Gasteiger partial charge is 0.338 e. The molecular weight excluding hydrogens is 276 g/mol. The topological polar surface area (TPSA) is 54.2 Å². The van der Waals surface area contributed by atoms with Crippen LogP contribution in [0.15, 0.2) is 4.52 Å². The number of hydrogen-bond acceptors (Lipinski definition) is 5. The van der Waals surface area contributed by atoms with E-state index in [1.165, 1.54) is 25.7 Å². The van der Waals surface area contributed by atoms with Crippen LogP contribution in [-0.2, 0) is 6.54 Å². The van der Waals surface area contributed by atoms with Crippen LogP contribution in [0.4, 0.5) is 0 Å². The van der Waals surface area contributed by atoms with Crippen molar-refractivity contribution in [2.24, 2.45) is 5.92 Å². The Morgan fingerprint density at radius 2 is 2.00 bits per heavy atom. The molecule has 1 saturated heterocycles. The van der Waals surface area contributed by atoms with E-state index in [0.717, 1.165) is 50.4 Å². The minimum Gasteiger partial charge on any atom is -0.338 e. The van der Waals surface area contributed by atoms with Gasteiger partial charge in [0.2, 0.25) is 5.89 Å². The first-order chi connectivity index (χ1) is 9.35. The number of nitrogens with zero attached hydrogens (tertiary/aromatic N) is 3. The van der Waals surface area contributed by atoms with E-state index in [4.69, 9.17) is 4.52 Å². The molecule has 1 saturated carbocycles. The van der Waals surface area contributed by atoms with Gasteiger partial charge in [0.1, 0.15) is 0 Å². The van der Waals surface area contributed by atoms with Crippen LogP contribution in [0.3, 0.4) is 0 Å². The summed E-state index contributed by atoms with van der Waals surface area (Å²) in [7, 11) is 0. The number of likely N-dealkylation sites (tertiary alicyclic amines) is 1. The van der Waals surface area contributed by atoms with Crippen LogP contribution in [0.25, 0.3) is 0 Å². The normalized spacial score (nSPS) is 20.9. The van der Waals surface area contributed by atoms with E-state index in [1.807, 2.05) is 0 Å². The lowest BCUT2D eigenvalue weighted by atomic mass is 9.97. The maximum atomic E-state index is 5.35. The number of rotatable bonds is 6. The fourth-order valence-corrected chi connectivity index (χ4v) is 2.73. The van der Waals surface area contributed by atoms with Gasteiger partial charge in [-0.15, -0.1) is 12.4 Å². The SMILES string of the molecule is CCNCC1CCN(Cc2nc(C3CC3)no2)CC1.Cl. The minimum atomic E-state index is 0. The van der Waals surface area contributed by atoms with Crippen LogP contribution in [0.5, 0.6) is 0 Å². The van der Waals surface area contributed by atoms with Crippen molar-refractivity contribution < 1.29 is 4.52 Å². The first kappa shape index (κ1) is 15.7. The van der Waals surface area contributed by atoms with Crippen molar-refractivity contribution in [2.75, 3.05) is 26.2 Å². The smallest absolute Gasteiger partial charge is 0.240 e. The average Bonchev–Trinajstić information content (AvgIpc) is 3.19. The van der Waals surface area contributed by atoms with E-state index in [9.17, 15) is 0 Å². The van der Waals surface area contributed by atoms with E-state index in [-0.39, 0.29) is 12.4 Å². The summed E-state index contributed by atoms with van der Waals surface area (Å²) in [5, 5.41) is 7.52. The molecule has 0 spiro atoms. The third-order valence-corrected chi connectivity index (χ3v) is 4.18. The molecule has 2 heterocycles. The molecule has 1 N–H and O–H groups in total. The zero-order valence-electron chi connectivity index (χ0n) is 12.2. The van der Waals surface area contributed by atoms with Crippen molar-refractivity contribution >= 4 is 12.4 Å². The number of aromatic nitrogens is 2. The molecule has 0 amide bonds. The van der Waals surface area contributed by atoms with E-state index < -0.39 is 0 Å². The maximum Gasteiger partial charge on any atom is 0.240 e. The van der Waals surface area contributed by atoms with Gasteiger partial charge in [-0.05, 0) is 57.8 Å². The van der Waals surface area contributed by atoms with Gasteiger partial charge in [-0.1, -0.05) is 12.1 Å². The zero-order chi connectivity index (χ0) is 13.1. The predicted octanol–water partition coefficient (Wildman–Crippen LogP) is 2.19. The number of nitrogens with one attached hydrogen (secondary N) is 1. The molecule has 1 aromatic heterocycles. The molecule has 0 aromatic carbocycles. The molecule has 2 fully saturated rings. The Bertz CT molecular complexity index is 400. The molecule has 1 aliphatic carbocycles. The maximum absolute atomic E-state index is 5.35. The highest BCUT2D eigenvalue weighted by atomic mass is 35.5. The summed E-state index contributed by atoms with van der Waals surface area (Å²) in [6.45, 7) is 7.53. The Hall–Kier alpha value is -0.650. The summed E-state index contributed by atoms with van der Waals surface area (Å²) >= 11 is 0. The molecule has 3 rings (SSSR count). The Balaban J connectivity index is 0.00000147. The third-order valence-electron chi connectivity index (χ3n) is 4.18. The molecule has 1 aliphatic heterocycles. The summed E-state index contributed by atoms with van der Waals surface area (Å²) in [4.78, 5) is 6.94. The summed E-state index contributed by atoms with van der Waals surface area (Å²) in [6, 6.07) is 0. The number of hydrogen-bond donors (Lipinski definition) is 1. The highest BCUT2D eigenvalue weighted by molar-refractivity contribution is 5.85. The number of halogens is 1. The molecular formula is C14H25ClN4O. The van der Waals surface area contributed by atoms with E-state index >= 15 is 0 Å².